The highest BCUT2D eigenvalue weighted by Crippen LogP contribution is 2.29. The maximum atomic E-state index is 5.96. The molecule has 0 bridgehead atoms. The van der Waals surface area contributed by atoms with Crippen LogP contribution in [0.2, 0.25) is 5.02 Å². The Labute approximate surface area is 92.4 Å². The molecule has 0 saturated carbocycles. The van der Waals surface area contributed by atoms with Crippen LogP contribution in [0.25, 0.3) is 0 Å². The van der Waals surface area contributed by atoms with Gasteiger partial charge >= 0.3 is 0 Å². The van der Waals surface area contributed by atoms with Gasteiger partial charge in [-0.25, -0.2) is 0 Å². The molecule has 1 aromatic rings. The van der Waals surface area contributed by atoms with E-state index in [9.17, 15) is 0 Å². The van der Waals surface area contributed by atoms with Gasteiger partial charge in [0.15, 0.2) is 0 Å². The zero-order valence-electron chi connectivity index (χ0n) is 7.57. The highest BCUT2D eigenvalue weighted by atomic mass is 79.9. The molecule has 1 rings (SSSR count). The third kappa shape index (κ3) is 2.27. The molecule has 0 amide bonds. The fourth-order valence-corrected chi connectivity index (χ4v) is 1.40. The van der Waals surface area contributed by atoms with Gasteiger partial charge in [-0.1, -0.05) is 23.6 Å². The summed E-state index contributed by atoms with van der Waals surface area (Å²) in [6.07, 6.45) is 5.42. The summed E-state index contributed by atoms with van der Waals surface area (Å²) in [7, 11) is 0. The lowest BCUT2D eigenvalue weighted by molar-refractivity contribution is 0.699. The lowest BCUT2D eigenvalue weighted by atomic mass is 9.86. The normalized spacial score (nSPS) is 11.0. The smallest absolute Gasteiger partial charge is 0.0551 e. The first-order valence-corrected chi connectivity index (χ1v) is 5.08. The topological polar surface area (TPSA) is 0 Å². The highest BCUT2D eigenvalue weighted by molar-refractivity contribution is 9.10. The minimum Gasteiger partial charge on any atom is -0.119 e. The zero-order valence-corrected chi connectivity index (χ0v) is 9.91. The van der Waals surface area contributed by atoms with Crippen molar-refractivity contribution in [2.24, 2.45) is 0 Å². The van der Waals surface area contributed by atoms with E-state index in [-0.39, 0.29) is 5.41 Å². The molecule has 0 nitrogen and oxygen atoms in total. The van der Waals surface area contributed by atoms with E-state index in [1.807, 2.05) is 32.0 Å². The van der Waals surface area contributed by atoms with Crippen molar-refractivity contribution in [1.29, 1.82) is 0 Å². The molecule has 2 heteroatoms. The summed E-state index contributed by atoms with van der Waals surface area (Å²) in [5.41, 5.74) is 0.799. The quantitative estimate of drug-likeness (QED) is 0.667. The highest BCUT2D eigenvalue weighted by Gasteiger charge is 2.17. The SMILES string of the molecule is C#CC(C)(C)c1ccc(Br)c(Cl)c1. The van der Waals surface area contributed by atoms with Gasteiger partial charge in [-0.3, -0.25) is 0 Å². The summed E-state index contributed by atoms with van der Waals surface area (Å²) in [5, 5.41) is 0.695. The monoisotopic (exact) mass is 256 g/mol. The molecule has 0 atom stereocenters. The second-order valence-corrected chi connectivity index (χ2v) is 4.66. The van der Waals surface area contributed by atoms with E-state index >= 15 is 0 Å². The van der Waals surface area contributed by atoms with E-state index in [1.165, 1.54) is 0 Å². The van der Waals surface area contributed by atoms with Gasteiger partial charge in [-0.15, -0.1) is 6.42 Å². The second-order valence-electron chi connectivity index (χ2n) is 3.40. The van der Waals surface area contributed by atoms with Gasteiger partial charge in [0.05, 0.1) is 10.4 Å². The summed E-state index contributed by atoms with van der Waals surface area (Å²) in [4.78, 5) is 0. The van der Waals surface area contributed by atoms with Crippen molar-refractivity contribution in [3.63, 3.8) is 0 Å². The van der Waals surface area contributed by atoms with Crippen LogP contribution in [0.15, 0.2) is 22.7 Å². The minimum absolute atomic E-state index is 0.260. The van der Waals surface area contributed by atoms with E-state index in [1.54, 1.807) is 0 Å². The van der Waals surface area contributed by atoms with Crippen LogP contribution in [-0.2, 0) is 5.41 Å². The molecular formula is C11H10BrCl. The van der Waals surface area contributed by atoms with Crippen LogP contribution in [-0.4, -0.2) is 0 Å². The van der Waals surface area contributed by atoms with Gasteiger partial charge in [0, 0.05) is 4.47 Å². The number of benzene rings is 1. The maximum absolute atomic E-state index is 5.96. The average Bonchev–Trinajstić information content (AvgIpc) is 2.09. The van der Waals surface area contributed by atoms with E-state index in [4.69, 9.17) is 18.0 Å². The Morgan fingerprint density at radius 3 is 2.54 bits per heavy atom. The lowest BCUT2D eigenvalue weighted by Crippen LogP contribution is -2.13. The molecule has 13 heavy (non-hydrogen) atoms. The second kappa shape index (κ2) is 3.74. The van der Waals surface area contributed by atoms with E-state index < -0.39 is 0 Å². The Balaban J connectivity index is 3.20. The van der Waals surface area contributed by atoms with Crippen LogP contribution >= 0.6 is 27.5 Å². The molecule has 0 aliphatic carbocycles. The fraction of sp³-hybridized carbons (Fsp3) is 0.273. The molecule has 1 aromatic carbocycles. The average molecular weight is 258 g/mol. The molecule has 0 aromatic heterocycles. The standard InChI is InChI=1S/C11H10BrCl/c1-4-11(2,3)8-5-6-9(12)10(13)7-8/h1,5-7H,2-3H3. The van der Waals surface area contributed by atoms with E-state index in [2.05, 4.69) is 21.9 Å². The molecule has 0 saturated heterocycles. The molecule has 0 N–H and O–H groups in total. The van der Waals surface area contributed by atoms with Gasteiger partial charge in [0.2, 0.25) is 0 Å². The summed E-state index contributed by atoms with van der Waals surface area (Å²) >= 11 is 9.30. The van der Waals surface area contributed by atoms with Crippen LogP contribution in [0.5, 0.6) is 0 Å². The Morgan fingerprint density at radius 2 is 2.08 bits per heavy atom. The number of hydrogen-bond donors (Lipinski definition) is 0. The molecule has 0 fully saturated rings. The van der Waals surface area contributed by atoms with Crippen molar-refractivity contribution in [3.8, 4) is 12.3 Å². The van der Waals surface area contributed by atoms with Gasteiger partial charge in [0.25, 0.3) is 0 Å². The Bertz CT molecular complexity index is 361. The molecular weight excluding hydrogens is 247 g/mol. The summed E-state index contributed by atoms with van der Waals surface area (Å²) < 4.78 is 0.894. The molecule has 68 valence electrons. The third-order valence-corrected chi connectivity index (χ3v) is 3.23. The Morgan fingerprint density at radius 1 is 1.46 bits per heavy atom. The number of halogens is 2. The molecule has 0 unspecified atom stereocenters. The van der Waals surface area contributed by atoms with Crippen LogP contribution in [0.4, 0.5) is 0 Å². The summed E-state index contributed by atoms with van der Waals surface area (Å²) in [5.74, 6) is 2.73. The molecule has 0 spiro atoms. The first-order chi connectivity index (χ1) is 5.97. The first-order valence-electron chi connectivity index (χ1n) is 3.90. The van der Waals surface area contributed by atoms with E-state index in [0.29, 0.717) is 5.02 Å². The number of hydrogen-bond acceptors (Lipinski definition) is 0. The largest absolute Gasteiger partial charge is 0.119 e. The first kappa shape index (κ1) is 10.6. The number of rotatable bonds is 1. The van der Waals surface area contributed by atoms with Crippen LogP contribution < -0.4 is 0 Å². The maximum Gasteiger partial charge on any atom is 0.0551 e. The van der Waals surface area contributed by atoms with Crippen LogP contribution in [0.1, 0.15) is 19.4 Å². The van der Waals surface area contributed by atoms with Crippen molar-refractivity contribution in [2.45, 2.75) is 19.3 Å². The Hall–Kier alpha value is -0.450. The van der Waals surface area contributed by atoms with Gasteiger partial charge in [-0.05, 0) is 47.5 Å². The van der Waals surface area contributed by atoms with Crippen LogP contribution in [0.3, 0.4) is 0 Å². The Kier molecular flexibility index (Phi) is 3.05. The molecule has 0 aliphatic heterocycles. The predicted molar refractivity (Wildman–Crippen MR) is 61.0 cm³/mol. The number of terminal acetylenes is 1. The third-order valence-electron chi connectivity index (χ3n) is 2.00. The molecule has 0 aliphatic rings. The summed E-state index contributed by atoms with van der Waals surface area (Å²) in [6.45, 7) is 3.99. The van der Waals surface area contributed by atoms with Crippen molar-refractivity contribution in [2.75, 3.05) is 0 Å². The van der Waals surface area contributed by atoms with Gasteiger partial charge < -0.3 is 0 Å². The van der Waals surface area contributed by atoms with Gasteiger partial charge in [-0.2, -0.15) is 0 Å². The predicted octanol–water partition coefficient (Wildman–Crippen LogP) is 4.01. The van der Waals surface area contributed by atoms with E-state index in [0.717, 1.165) is 10.0 Å². The fourth-order valence-electron chi connectivity index (χ4n) is 0.968. The van der Waals surface area contributed by atoms with Crippen molar-refractivity contribution in [3.05, 3.63) is 33.3 Å². The lowest BCUT2D eigenvalue weighted by Gasteiger charge is -2.18. The van der Waals surface area contributed by atoms with Crippen molar-refractivity contribution >= 4 is 27.5 Å². The van der Waals surface area contributed by atoms with Crippen LogP contribution in [0, 0.1) is 12.3 Å². The van der Waals surface area contributed by atoms with Gasteiger partial charge in [0.1, 0.15) is 0 Å². The zero-order chi connectivity index (χ0) is 10.1. The summed E-state index contributed by atoms with van der Waals surface area (Å²) in [6, 6.07) is 5.79. The molecule has 0 heterocycles. The minimum atomic E-state index is -0.260. The van der Waals surface area contributed by atoms with Crippen molar-refractivity contribution < 1.29 is 0 Å². The molecule has 0 radical (unpaired) electrons. The van der Waals surface area contributed by atoms with Crippen molar-refractivity contribution in [1.82, 2.24) is 0 Å².